The Morgan fingerprint density at radius 2 is 1.94 bits per heavy atom. The van der Waals surface area contributed by atoms with Crippen molar-refractivity contribution in [2.45, 2.75) is 58.3 Å². The van der Waals surface area contributed by atoms with Crippen LogP contribution in [0.1, 0.15) is 58.3 Å². The lowest BCUT2D eigenvalue weighted by Gasteiger charge is -2.15. The zero-order valence-corrected chi connectivity index (χ0v) is 11.4. The molecular weight excluding hydrogens is 206 g/mol. The van der Waals surface area contributed by atoms with E-state index < -0.39 is 0 Å². The van der Waals surface area contributed by atoms with Gasteiger partial charge in [-0.2, -0.15) is 0 Å². The molecule has 1 heteroatoms. The molecule has 1 aliphatic carbocycles. The molecule has 1 aliphatic heterocycles. The Morgan fingerprint density at radius 3 is 2.76 bits per heavy atom. The van der Waals surface area contributed by atoms with Gasteiger partial charge in [0.25, 0.3) is 0 Å². The molecule has 0 unspecified atom stereocenters. The van der Waals surface area contributed by atoms with Gasteiger partial charge >= 0.3 is 0 Å². The van der Waals surface area contributed by atoms with Crippen LogP contribution in [0.15, 0.2) is 23.3 Å². The number of rotatable bonds is 4. The first-order valence-corrected chi connectivity index (χ1v) is 7.43. The molecule has 0 bridgehead atoms. The average molecular weight is 233 g/mol. The molecule has 0 amide bonds. The first-order valence-electron chi connectivity index (χ1n) is 7.43. The Labute approximate surface area is 107 Å². The molecular formula is C16H27N. The maximum absolute atomic E-state index is 2.63. The maximum Gasteiger partial charge on any atom is -0.00156 e. The van der Waals surface area contributed by atoms with Gasteiger partial charge in [-0.3, -0.25) is 0 Å². The lowest BCUT2D eigenvalue weighted by Crippen LogP contribution is -2.20. The first-order chi connectivity index (χ1) is 8.34. The Balaban J connectivity index is 1.74. The van der Waals surface area contributed by atoms with Gasteiger partial charge in [0, 0.05) is 0 Å². The molecule has 0 atom stereocenters. The van der Waals surface area contributed by atoms with E-state index in [1.165, 1.54) is 71.0 Å². The number of allylic oxidation sites excluding steroid dienone is 4. The summed E-state index contributed by atoms with van der Waals surface area (Å²) in [4.78, 5) is 2.63. The molecule has 17 heavy (non-hydrogen) atoms. The topological polar surface area (TPSA) is 3.24 Å². The summed E-state index contributed by atoms with van der Waals surface area (Å²) in [5.74, 6) is 0. The highest BCUT2D eigenvalue weighted by molar-refractivity contribution is 5.23. The van der Waals surface area contributed by atoms with Crippen molar-refractivity contribution in [3.8, 4) is 0 Å². The highest BCUT2D eigenvalue weighted by atomic mass is 15.1. The van der Waals surface area contributed by atoms with Gasteiger partial charge in [-0.25, -0.2) is 0 Å². The second kappa shape index (κ2) is 7.00. The molecule has 0 aromatic rings. The van der Waals surface area contributed by atoms with Crippen molar-refractivity contribution in [2.24, 2.45) is 0 Å². The van der Waals surface area contributed by atoms with Gasteiger partial charge in [0.2, 0.25) is 0 Å². The van der Waals surface area contributed by atoms with Gasteiger partial charge in [0.15, 0.2) is 0 Å². The summed E-state index contributed by atoms with van der Waals surface area (Å²) in [5, 5.41) is 0. The summed E-state index contributed by atoms with van der Waals surface area (Å²) in [5.41, 5.74) is 3.18. The third-order valence-corrected chi connectivity index (χ3v) is 4.00. The van der Waals surface area contributed by atoms with Gasteiger partial charge in [0.1, 0.15) is 0 Å². The third-order valence-electron chi connectivity index (χ3n) is 4.00. The summed E-state index contributed by atoms with van der Waals surface area (Å²) in [6.45, 7) is 6.28. The van der Waals surface area contributed by atoms with Gasteiger partial charge in [-0.15, -0.1) is 0 Å². The molecule has 0 N–H and O–H groups in total. The van der Waals surface area contributed by atoms with Crippen LogP contribution in [0.3, 0.4) is 0 Å². The first kappa shape index (κ1) is 12.9. The quantitative estimate of drug-likeness (QED) is 0.699. The molecule has 2 rings (SSSR count). The SMILES string of the molecule is C/C1=C\C(CCCN2CCCC2)=C/CCCC1. The van der Waals surface area contributed by atoms with Crippen LogP contribution in [0.25, 0.3) is 0 Å². The molecule has 0 aromatic heterocycles. The lowest BCUT2D eigenvalue weighted by atomic mass is 9.98. The van der Waals surface area contributed by atoms with E-state index in [-0.39, 0.29) is 0 Å². The van der Waals surface area contributed by atoms with Crippen molar-refractivity contribution in [3.05, 3.63) is 23.3 Å². The highest BCUT2D eigenvalue weighted by Gasteiger charge is 2.10. The van der Waals surface area contributed by atoms with Crippen molar-refractivity contribution < 1.29 is 0 Å². The van der Waals surface area contributed by atoms with Gasteiger partial charge < -0.3 is 4.90 Å². The lowest BCUT2D eigenvalue weighted by molar-refractivity contribution is 0.334. The van der Waals surface area contributed by atoms with Crippen molar-refractivity contribution in [2.75, 3.05) is 19.6 Å². The Hall–Kier alpha value is -0.560. The summed E-state index contributed by atoms with van der Waals surface area (Å²) in [6.07, 6.45) is 15.7. The van der Waals surface area contributed by atoms with Crippen molar-refractivity contribution in [1.82, 2.24) is 4.90 Å². The van der Waals surface area contributed by atoms with E-state index >= 15 is 0 Å². The maximum atomic E-state index is 2.63. The predicted molar refractivity (Wildman–Crippen MR) is 75.2 cm³/mol. The van der Waals surface area contributed by atoms with Crippen LogP contribution in [0.5, 0.6) is 0 Å². The molecule has 1 nitrogen and oxygen atoms in total. The molecule has 2 aliphatic rings. The molecule has 1 heterocycles. The molecule has 0 spiro atoms. The minimum Gasteiger partial charge on any atom is -0.303 e. The fraction of sp³-hybridized carbons (Fsp3) is 0.750. The minimum atomic E-state index is 1.29. The van der Waals surface area contributed by atoms with Gasteiger partial charge in [0.05, 0.1) is 0 Å². The molecule has 1 saturated heterocycles. The van der Waals surface area contributed by atoms with Crippen LogP contribution in [0.4, 0.5) is 0 Å². The molecule has 96 valence electrons. The second-order valence-electron chi connectivity index (χ2n) is 5.67. The van der Waals surface area contributed by atoms with E-state index in [0.717, 1.165) is 0 Å². The highest BCUT2D eigenvalue weighted by Crippen LogP contribution is 2.20. The Morgan fingerprint density at radius 1 is 1.12 bits per heavy atom. The van der Waals surface area contributed by atoms with E-state index in [9.17, 15) is 0 Å². The van der Waals surface area contributed by atoms with Crippen molar-refractivity contribution >= 4 is 0 Å². The number of hydrogen-bond acceptors (Lipinski definition) is 1. The van der Waals surface area contributed by atoms with Crippen LogP contribution < -0.4 is 0 Å². The van der Waals surface area contributed by atoms with E-state index in [4.69, 9.17) is 0 Å². The zero-order chi connectivity index (χ0) is 11.9. The van der Waals surface area contributed by atoms with Crippen molar-refractivity contribution in [3.63, 3.8) is 0 Å². The molecule has 0 aromatic carbocycles. The number of likely N-dealkylation sites (tertiary alicyclic amines) is 1. The smallest absolute Gasteiger partial charge is 0.00156 e. The Bertz CT molecular complexity index is 282. The fourth-order valence-electron chi connectivity index (χ4n) is 2.97. The molecule has 0 saturated carbocycles. The summed E-state index contributed by atoms with van der Waals surface area (Å²) >= 11 is 0. The van der Waals surface area contributed by atoms with Crippen LogP contribution in [0, 0.1) is 0 Å². The third kappa shape index (κ3) is 4.67. The fourth-order valence-corrected chi connectivity index (χ4v) is 2.97. The van der Waals surface area contributed by atoms with E-state index in [0.29, 0.717) is 0 Å². The summed E-state index contributed by atoms with van der Waals surface area (Å²) < 4.78 is 0. The summed E-state index contributed by atoms with van der Waals surface area (Å²) in [6, 6.07) is 0. The average Bonchev–Trinajstić information content (AvgIpc) is 2.78. The van der Waals surface area contributed by atoms with Crippen LogP contribution in [-0.2, 0) is 0 Å². The standard InChI is InChI=1S/C16H27N/c1-15-8-3-2-4-9-16(14-15)10-7-13-17-11-5-6-12-17/h9,14H,2-8,10-13H2,1H3/b15-14+,16-9-. The van der Waals surface area contributed by atoms with E-state index in [1.807, 2.05) is 0 Å². The van der Waals surface area contributed by atoms with Gasteiger partial charge in [-0.05, 0) is 77.9 Å². The van der Waals surface area contributed by atoms with E-state index in [1.54, 1.807) is 11.1 Å². The molecule has 0 radical (unpaired) electrons. The zero-order valence-electron chi connectivity index (χ0n) is 11.4. The minimum absolute atomic E-state index is 1.29. The predicted octanol–water partition coefficient (Wildman–Crippen LogP) is 4.31. The number of nitrogens with zero attached hydrogens (tertiary/aromatic N) is 1. The van der Waals surface area contributed by atoms with Crippen molar-refractivity contribution in [1.29, 1.82) is 0 Å². The van der Waals surface area contributed by atoms with Gasteiger partial charge in [-0.1, -0.05) is 23.3 Å². The normalized spacial score (nSPS) is 29.0. The number of hydrogen-bond donors (Lipinski definition) is 0. The summed E-state index contributed by atoms with van der Waals surface area (Å²) in [7, 11) is 0. The second-order valence-corrected chi connectivity index (χ2v) is 5.67. The van der Waals surface area contributed by atoms with Crippen LogP contribution in [0.2, 0.25) is 0 Å². The molecule has 1 fully saturated rings. The monoisotopic (exact) mass is 233 g/mol. The van der Waals surface area contributed by atoms with Crippen LogP contribution >= 0.6 is 0 Å². The Kier molecular flexibility index (Phi) is 5.31. The van der Waals surface area contributed by atoms with Crippen LogP contribution in [-0.4, -0.2) is 24.5 Å². The largest absolute Gasteiger partial charge is 0.303 e. The van der Waals surface area contributed by atoms with E-state index in [2.05, 4.69) is 24.0 Å².